The molecular formula is C18H29N3O2S. The number of likely N-dealkylation sites (tertiary alicyclic amines) is 1. The number of ether oxygens (including phenoxy) is 1. The van der Waals surface area contributed by atoms with Crippen LogP contribution in [-0.4, -0.2) is 47.6 Å². The van der Waals surface area contributed by atoms with Gasteiger partial charge < -0.3 is 10.1 Å². The number of nitrogens with zero attached hydrogens (tertiary/aromatic N) is 2. The topological polar surface area (TPSA) is 54.5 Å². The van der Waals surface area contributed by atoms with Crippen molar-refractivity contribution in [3.8, 4) is 0 Å². The average Bonchev–Trinajstić information content (AvgIpc) is 3.04. The Hall–Kier alpha value is -0.980. The van der Waals surface area contributed by atoms with Crippen molar-refractivity contribution in [1.29, 1.82) is 0 Å². The van der Waals surface area contributed by atoms with Crippen LogP contribution in [0.15, 0.2) is 5.38 Å². The molecule has 0 aromatic carbocycles. The standard InChI is InChI=1S/C18H27N3O2S.H2/c22-17(16-6-9-21(16)14-7-10-23-11-8-14)20-18-19-15(12-24-18)13-4-2-1-3-5-13;/h12-14,16H,1-11H2,(H,19,20,22);1H/t16-;/m0./s1. The zero-order valence-electron chi connectivity index (χ0n) is 14.2. The number of aromatic nitrogens is 1. The second kappa shape index (κ2) is 7.50. The van der Waals surface area contributed by atoms with Crippen LogP contribution in [0.1, 0.15) is 64.4 Å². The van der Waals surface area contributed by atoms with E-state index < -0.39 is 0 Å². The monoisotopic (exact) mass is 351 g/mol. The summed E-state index contributed by atoms with van der Waals surface area (Å²) < 4.78 is 5.43. The normalized spacial score (nSPS) is 26.9. The molecule has 1 N–H and O–H groups in total. The molecule has 1 saturated carbocycles. The number of hydrogen-bond acceptors (Lipinski definition) is 5. The van der Waals surface area contributed by atoms with Gasteiger partial charge in [-0.15, -0.1) is 11.3 Å². The fourth-order valence-electron chi connectivity index (χ4n) is 4.26. The Morgan fingerprint density at radius 2 is 2.00 bits per heavy atom. The average molecular weight is 352 g/mol. The van der Waals surface area contributed by atoms with Crippen LogP contribution in [0, 0.1) is 0 Å². The Kier molecular flexibility index (Phi) is 5.15. The molecule has 24 heavy (non-hydrogen) atoms. The van der Waals surface area contributed by atoms with Gasteiger partial charge >= 0.3 is 0 Å². The highest BCUT2D eigenvalue weighted by Gasteiger charge is 2.39. The van der Waals surface area contributed by atoms with Gasteiger partial charge in [0.15, 0.2) is 5.13 Å². The largest absolute Gasteiger partial charge is 0.381 e. The molecule has 0 unspecified atom stereocenters. The number of anilines is 1. The second-order valence-electron chi connectivity index (χ2n) is 7.29. The number of carbonyl (C=O) groups is 1. The van der Waals surface area contributed by atoms with E-state index in [2.05, 4.69) is 15.6 Å². The molecule has 1 aliphatic carbocycles. The summed E-state index contributed by atoms with van der Waals surface area (Å²) in [4.78, 5) is 19.7. The molecule has 4 rings (SSSR count). The van der Waals surface area contributed by atoms with Gasteiger partial charge in [0.25, 0.3) is 0 Å². The first kappa shape index (κ1) is 16.5. The third-order valence-corrected chi connectivity index (χ3v) is 6.58. The summed E-state index contributed by atoms with van der Waals surface area (Å²) in [5, 5.41) is 5.99. The SMILES string of the molecule is O=C(Nc1nc(C2CCCCC2)cs1)[C@@H]1CCN1C1CCOCC1.[HH]. The highest BCUT2D eigenvalue weighted by Crippen LogP contribution is 2.34. The van der Waals surface area contributed by atoms with Crippen molar-refractivity contribution in [2.75, 3.05) is 25.1 Å². The van der Waals surface area contributed by atoms with E-state index >= 15 is 0 Å². The zero-order valence-corrected chi connectivity index (χ0v) is 15.0. The van der Waals surface area contributed by atoms with Gasteiger partial charge in [-0.25, -0.2) is 4.98 Å². The summed E-state index contributed by atoms with van der Waals surface area (Å²) in [7, 11) is 0. The molecule has 6 heteroatoms. The fraction of sp³-hybridized carbons (Fsp3) is 0.778. The van der Waals surface area contributed by atoms with Crippen molar-refractivity contribution >= 4 is 22.4 Å². The number of amides is 1. The number of thiazole rings is 1. The van der Waals surface area contributed by atoms with Crippen LogP contribution in [0.4, 0.5) is 5.13 Å². The molecule has 0 spiro atoms. The lowest BCUT2D eigenvalue weighted by Gasteiger charge is -2.46. The summed E-state index contributed by atoms with van der Waals surface area (Å²) in [5.74, 6) is 0.723. The molecule has 1 aromatic heterocycles. The van der Waals surface area contributed by atoms with Crippen LogP contribution in [-0.2, 0) is 9.53 Å². The van der Waals surface area contributed by atoms with Crippen LogP contribution in [0.3, 0.4) is 0 Å². The quantitative estimate of drug-likeness (QED) is 0.900. The van der Waals surface area contributed by atoms with E-state index in [1.54, 1.807) is 11.3 Å². The molecule has 3 heterocycles. The predicted molar refractivity (Wildman–Crippen MR) is 97.6 cm³/mol. The number of hydrogen-bond donors (Lipinski definition) is 1. The minimum absolute atomic E-state index is 0. The molecule has 1 amide bonds. The first-order valence-electron chi connectivity index (χ1n) is 9.41. The van der Waals surface area contributed by atoms with Crippen LogP contribution >= 0.6 is 11.3 Å². The van der Waals surface area contributed by atoms with E-state index in [-0.39, 0.29) is 13.4 Å². The minimum Gasteiger partial charge on any atom is -0.381 e. The molecule has 2 saturated heterocycles. The van der Waals surface area contributed by atoms with Crippen LogP contribution in [0.25, 0.3) is 0 Å². The lowest BCUT2D eigenvalue weighted by molar-refractivity contribution is -0.129. The van der Waals surface area contributed by atoms with E-state index in [0.717, 1.165) is 44.2 Å². The maximum Gasteiger partial charge on any atom is 0.243 e. The summed E-state index contributed by atoms with van der Waals surface area (Å²) in [6, 6.07) is 0.535. The Labute approximate surface area is 149 Å². The maximum atomic E-state index is 12.6. The van der Waals surface area contributed by atoms with Crippen molar-refractivity contribution in [2.24, 2.45) is 0 Å². The molecular weight excluding hydrogens is 322 g/mol. The molecule has 0 radical (unpaired) electrons. The summed E-state index contributed by atoms with van der Waals surface area (Å²) >= 11 is 1.58. The van der Waals surface area contributed by atoms with Crippen molar-refractivity contribution in [2.45, 2.75) is 69.4 Å². The highest BCUT2D eigenvalue weighted by atomic mass is 32.1. The van der Waals surface area contributed by atoms with Crippen molar-refractivity contribution < 1.29 is 11.0 Å². The third-order valence-electron chi connectivity index (χ3n) is 5.80. The lowest BCUT2D eigenvalue weighted by atomic mass is 9.87. The van der Waals surface area contributed by atoms with Crippen molar-refractivity contribution in [1.82, 2.24) is 9.88 Å². The van der Waals surface area contributed by atoms with E-state index in [1.165, 1.54) is 37.8 Å². The minimum atomic E-state index is 0. The summed E-state index contributed by atoms with van der Waals surface area (Å²) in [6.07, 6.45) is 9.53. The smallest absolute Gasteiger partial charge is 0.243 e. The summed E-state index contributed by atoms with van der Waals surface area (Å²) in [5.41, 5.74) is 1.19. The van der Waals surface area contributed by atoms with Gasteiger partial charge in [-0.3, -0.25) is 9.69 Å². The van der Waals surface area contributed by atoms with Gasteiger partial charge in [-0.2, -0.15) is 0 Å². The van der Waals surface area contributed by atoms with Gasteiger partial charge in [-0.1, -0.05) is 19.3 Å². The van der Waals surface area contributed by atoms with Gasteiger partial charge in [-0.05, 0) is 32.1 Å². The van der Waals surface area contributed by atoms with Gasteiger partial charge in [0.05, 0.1) is 11.7 Å². The fourth-order valence-corrected chi connectivity index (χ4v) is 5.06. The lowest BCUT2D eigenvalue weighted by Crippen LogP contribution is -2.59. The van der Waals surface area contributed by atoms with Crippen LogP contribution in [0.2, 0.25) is 0 Å². The van der Waals surface area contributed by atoms with Crippen molar-refractivity contribution in [3.05, 3.63) is 11.1 Å². The number of carbonyl (C=O) groups excluding carboxylic acids is 1. The molecule has 2 aliphatic heterocycles. The Morgan fingerprint density at radius 1 is 1.21 bits per heavy atom. The molecule has 134 valence electrons. The maximum absolute atomic E-state index is 12.6. The van der Waals surface area contributed by atoms with E-state index in [1.807, 2.05) is 0 Å². The first-order valence-corrected chi connectivity index (χ1v) is 10.3. The van der Waals surface area contributed by atoms with E-state index in [9.17, 15) is 4.79 Å². The summed E-state index contributed by atoms with van der Waals surface area (Å²) in [6.45, 7) is 2.69. The molecule has 3 aliphatic rings. The van der Waals surface area contributed by atoms with Gasteiger partial charge in [0.1, 0.15) is 0 Å². The predicted octanol–water partition coefficient (Wildman–Crippen LogP) is 3.63. The molecule has 3 fully saturated rings. The molecule has 5 nitrogen and oxygen atoms in total. The van der Waals surface area contributed by atoms with E-state index in [0.29, 0.717) is 12.0 Å². The van der Waals surface area contributed by atoms with E-state index in [4.69, 9.17) is 9.72 Å². The third kappa shape index (κ3) is 3.51. The molecule has 0 bridgehead atoms. The van der Waals surface area contributed by atoms with Gasteiger partial charge in [0, 0.05) is 38.5 Å². The Morgan fingerprint density at radius 3 is 2.71 bits per heavy atom. The highest BCUT2D eigenvalue weighted by molar-refractivity contribution is 7.13. The molecule has 1 aromatic rings. The van der Waals surface area contributed by atoms with Crippen molar-refractivity contribution in [3.63, 3.8) is 0 Å². The Bertz CT molecular complexity index is 570. The number of nitrogens with one attached hydrogen (secondary N) is 1. The number of rotatable bonds is 4. The Balaban J connectivity index is 0.00000182. The zero-order chi connectivity index (χ0) is 16.4. The second-order valence-corrected chi connectivity index (χ2v) is 8.15. The first-order chi connectivity index (χ1) is 11.8. The van der Waals surface area contributed by atoms with Crippen LogP contribution in [0.5, 0.6) is 0 Å². The van der Waals surface area contributed by atoms with Gasteiger partial charge in [0.2, 0.25) is 5.91 Å². The molecule has 1 atom stereocenters. The van der Waals surface area contributed by atoms with Crippen LogP contribution < -0.4 is 5.32 Å².